The predicted octanol–water partition coefficient (Wildman–Crippen LogP) is 3.55. The third kappa shape index (κ3) is 1.49. The van der Waals surface area contributed by atoms with Crippen molar-refractivity contribution in [2.75, 3.05) is 5.73 Å². The first-order valence-electron chi connectivity index (χ1n) is 4.96. The summed E-state index contributed by atoms with van der Waals surface area (Å²) in [5.41, 5.74) is 7.49. The van der Waals surface area contributed by atoms with E-state index in [9.17, 15) is 0 Å². The highest BCUT2D eigenvalue weighted by Crippen LogP contribution is 2.39. The van der Waals surface area contributed by atoms with E-state index < -0.39 is 0 Å². The summed E-state index contributed by atoms with van der Waals surface area (Å²) < 4.78 is 0.651. The van der Waals surface area contributed by atoms with Gasteiger partial charge in [0.15, 0.2) is 3.95 Å². The van der Waals surface area contributed by atoms with Gasteiger partial charge in [-0.25, -0.2) is 4.98 Å². The zero-order chi connectivity index (χ0) is 10.4. The molecule has 0 saturated heterocycles. The molecular formula is C10H10N2S3. The molecule has 0 amide bonds. The van der Waals surface area contributed by atoms with Gasteiger partial charge in [-0.3, -0.25) is 0 Å². The molecule has 2 heterocycles. The molecule has 0 atom stereocenters. The van der Waals surface area contributed by atoms with Crippen LogP contribution in [0, 0.1) is 3.95 Å². The monoisotopic (exact) mass is 254 g/mol. The van der Waals surface area contributed by atoms with Crippen LogP contribution in [0.4, 0.5) is 5.00 Å². The summed E-state index contributed by atoms with van der Waals surface area (Å²) in [7, 11) is 0. The van der Waals surface area contributed by atoms with Gasteiger partial charge in [0.2, 0.25) is 0 Å². The summed E-state index contributed by atoms with van der Waals surface area (Å²) in [6, 6.07) is 0. The second-order valence-electron chi connectivity index (χ2n) is 3.74. The predicted molar refractivity (Wildman–Crippen MR) is 69.4 cm³/mol. The normalized spacial score (nSPS) is 15.5. The van der Waals surface area contributed by atoms with Crippen LogP contribution in [0.2, 0.25) is 0 Å². The van der Waals surface area contributed by atoms with Gasteiger partial charge in [-0.15, -0.1) is 11.3 Å². The summed E-state index contributed by atoms with van der Waals surface area (Å²) in [4.78, 5) is 6.93. The molecule has 2 N–H and O–H groups in total. The number of hydrogen-bond donors (Lipinski definition) is 1. The third-order valence-corrected chi connectivity index (χ3v) is 5.01. The van der Waals surface area contributed by atoms with Gasteiger partial charge < -0.3 is 5.73 Å². The van der Waals surface area contributed by atoms with Crippen molar-refractivity contribution in [3.8, 4) is 0 Å². The van der Waals surface area contributed by atoms with Crippen molar-refractivity contribution in [1.29, 1.82) is 0 Å². The average molecular weight is 254 g/mol. The molecule has 0 spiro atoms. The van der Waals surface area contributed by atoms with Crippen LogP contribution in [0.1, 0.15) is 23.3 Å². The highest BCUT2D eigenvalue weighted by molar-refractivity contribution is 7.73. The second-order valence-corrected chi connectivity index (χ2v) is 6.49. The molecule has 78 valence electrons. The molecule has 1 aliphatic carbocycles. The quantitative estimate of drug-likeness (QED) is 0.731. The first-order chi connectivity index (χ1) is 7.25. The number of rotatable bonds is 0. The number of aromatic nitrogens is 1. The summed E-state index contributed by atoms with van der Waals surface area (Å²) in [5.74, 6) is 0. The SMILES string of the molecule is Nc1sc(=S)nc2sc3c(c12)CCCC3. The molecule has 0 unspecified atom stereocenters. The molecule has 0 radical (unpaired) electrons. The van der Waals surface area contributed by atoms with E-state index in [4.69, 9.17) is 18.0 Å². The molecular weight excluding hydrogens is 244 g/mol. The second kappa shape index (κ2) is 3.50. The summed E-state index contributed by atoms with van der Waals surface area (Å²) in [6.45, 7) is 0. The maximum atomic E-state index is 6.04. The minimum atomic E-state index is 0.651. The molecule has 2 nitrogen and oxygen atoms in total. The fourth-order valence-corrected chi connectivity index (χ4v) is 4.60. The lowest BCUT2D eigenvalue weighted by Gasteiger charge is -2.10. The van der Waals surface area contributed by atoms with Crippen molar-refractivity contribution in [3.05, 3.63) is 14.4 Å². The number of nitrogens with two attached hydrogens (primary N) is 1. The lowest BCUT2D eigenvalue weighted by molar-refractivity contribution is 0.700. The first-order valence-corrected chi connectivity index (χ1v) is 7.00. The maximum absolute atomic E-state index is 6.04. The Hall–Kier alpha value is -0.520. The van der Waals surface area contributed by atoms with E-state index >= 15 is 0 Å². The lowest BCUT2D eigenvalue weighted by Crippen LogP contribution is -1.98. The van der Waals surface area contributed by atoms with E-state index in [-0.39, 0.29) is 0 Å². The molecule has 3 rings (SSSR count). The number of nitrogen functional groups attached to an aromatic ring is 1. The van der Waals surface area contributed by atoms with Crippen LogP contribution < -0.4 is 5.73 Å². The molecule has 15 heavy (non-hydrogen) atoms. The van der Waals surface area contributed by atoms with Gasteiger partial charge >= 0.3 is 0 Å². The fraction of sp³-hybridized carbons (Fsp3) is 0.400. The number of nitrogens with zero attached hydrogens (tertiary/aromatic N) is 1. The van der Waals surface area contributed by atoms with Gasteiger partial charge in [0.05, 0.1) is 5.00 Å². The Morgan fingerprint density at radius 1 is 1.20 bits per heavy atom. The standard InChI is InChI=1S/C10H10N2S3/c11-8-7-5-3-1-2-4-6(5)14-9(7)12-10(13)15-8/h1-4,11H2. The Bertz CT molecular complexity index is 582. The molecule has 2 aromatic rings. The molecule has 1 aliphatic rings. The van der Waals surface area contributed by atoms with Crippen LogP contribution in [0.25, 0.3) is 10.2 Å². The van der Waals surface area contributed by atoms with Gasteiger partial charge in [-0.2, -0.15) is 0 Å². The highest BCUT2D eigenvalue weighted by Gasteiger charge is 2.18. The van der Waals surface area contributed by atoms with E-state index in [1.54, 1.807) is 11.3 Å². The van der Waals surface area contributed by atoms with Gasteiger partial charge in [0.25, 0.3) is 0 Å². The largest absolute Gasteiger partial charge is 0.390 e. The number of aryl methyl sites for hydroxylation is 2. The van der Waals surface area contributed by atoms with Crippen LogP contribution in [0.15, 0.2) is 0 Å². The Morgan fingerprint density at radius 2 is 2.00 bits per heavy atom. The van der Waals surface area contributed by atoms with Crippen LogP contribution in [-0.2, 0) is 12.8 Å². The minimum Gasteiger partial charge on any atom is -0.390 e. The van der Waals surface area contributed by atoms with E-state index in [2.05, 4.69) is 4.98 Å². The highest BCUT2D eigenvalue weighted by atomic mass is 32.1. The van der Waals surface area contributed by atoms with Crippen molar-refractivity contribution in [2.24, 2.45) is 0 Å². The number of thiophene rings is 1. The van der Waals surface area contributed by atoms with Crippen LogP contribution >= 0.6 is 34.9 Å². The molecule has 2 aromatic heterocycles. The summed E-state index contributed by atoms with van der Waals surface area (Å²) >= 11 is 8.31. The summed E-state index contributed by atoms with van der Waals surface area (Å²) in [5, 5.41) is 2.04. The molecule has 5 heteroatoms. The Labute approximate surface area is 101 Å². The van der Waals surface area contributed by atoms with E-state index in [1.807, 2.05) is 0 Å². The van der Waals surface area contributed by atoms with Crippen molar-refractivity contribution in [3.63, 3.8) is 0 Å². The topological polar surface area (TPSA) is 38.9 Å². The number of hydrogen-bond acceptors (Lipinski definition) is 5. The lowest BCUT2D eigenvalue weighted by atomic mass is 9.97. The van der Waals surface area contributed by atoms with E-state index in [0.29, 0.717) is 3.95 Å². The Balaban J connectivity index is 2.42. The van der Waals surface area contributed by atoms with Gasteiger partial charge in [0.1, 0.15) is 4.83 Å². The van der Waals surface area contributed by atoms with Crippen LogP contribution in [0.5, 0.6) is 0 Å². The number of fused-ring (bicyclic) bond motifs is 3. The molecule has 0 aliphatic heterocycles. The Kier molecular flexibility index (Phi) is 2.26. The number of anilines is 1. The fourth-order valence-electron chi connectivity index (χ4n) is 2.14. The van der Waals surface area contributed by atoms with Crippen molar-refractivity contribution in [2.45, 2.75) is 25.7 Å². The molecule has 0 fully saturated rings. The van der Waals surface area contributed by atoms with Crippen LogP contribution in [-0.4, -0.2) is 4.98 Å². The van der Waals surface area contributed by atoms with Gasteiger partial charge in [-0.05, 0) is 43.5 Å². The smallest absolute Gasteiger partial charge is 0.183 e. The van der Waals surface area contributed by atoms with Crippen molar-refractivity contribution >= 4 is 50.1 Å². The van der Waals surface area contributed by atoms with E-state index in [1.165, 1.54) is 46.4 Å². The zero-order valence-corrected chi connectivity index (χ0v) is 10.5. The first kappa shape index (κ1) is 9.69. The Morgan fingerprint density at radius 3 is 2.87 bits per heavy atom. The van der Waals surface area contributed by atoms with Crippen molar-refractivity contribution < 1.29 is 0 Å². The maximum Gasteiger partial charge on any atom is 0.183 e. The van der Waals surface area contributed by atoms with Crippen molar-refractivity contribution in [1.82, 2.24) is 4.98 Å². The van der Waals surface area contributed by atoms with E-state index in [0.717, 1.165) is 16.3 Å². The summed E-state index contributed by atoms with van der Waals surface area (Å²) in [6.07, 6.45) is 4.92. The van der Waals surface area contributed by atoms with Gasteiger partial charge in [0, 0.05) is 10.3 Å². The average Bonchev–Trinajstić information content (AvgIpc) is 2.54. The van der Waals surface area contributed by atoms with Crippen LogP contribution in [0.3, 0.4) is 0 Å². The van der Waals surface area contributed by atoms with Gasteiger partial charge in [-0.1, -0.05) is 11.3 Å². The molecule has 0 bridgehead atoms. The molecule has 0 aromatic carbocycles. The molecule has 0 saturated carbocycles. The minimum absolute atomic E-state index is 0.651. The zero-order valence-electron chi connectivity index (χ0n) is 8.08. The third-order valence-electron chi connectivity index (χ3n) is 2.79.